The molecule has 0 saturated carbocycles. The predicted molar refractivity (Wildman–Crippen MR) is 45.2 cm³/mol. The largest absolute Gasteiger partial charge is 0.470 e. The molecular weight excluding hydrogens is 190 g/mol. The Labute approximate surface area is 75.4 Å². The lowest BCUT2D eigenvalue weighted by Gasteiger charge is -2.13. The van der Waals surface area contributed by atoms with E-state index in [9.17, 15) is 14.4 Å². The molecule has 0 aromatic heterocycles. The first-order chi connectivity index (χ1) is 6.13. The van der Waals surface area contributed by atoms with Crippen LogP contribution in [0.3, 0.4) is 0 Å². The fraction of sp³-hybridized carbons (Fsp3) is 0.500. The molecule has 0 saturated heterocycles. The maximum Gasteiger partial charge on any atom is 0.470 e. The first-order valence-corrected chi connectivity index (χ1v) is 5.32. The van der Waals surface area contributed by atoms with Gasteiger partial charge in [0, 0.05) is 5.54 Å². The Morgan fingerprint density at radius 1 is 0.923 bits per heavy atom. The number of nitrogens with zero attached hydrogens (tertiary/aromatic N) is 3. The second-order valence-electron chi connectivity index (χ2n) is 2.45. The monoisotopic (exact) mass is 197 g/mol. The van der Waals surface area contributed by atoms with E-state index in [1.165, 1.54) is 18.2 Å². The molecule has 0 atom stereocenters. The van der Waals surface area contributed by atoms with Crippen molar-refractivity contribution in [2.24, 2.45) is 14.0 Å². The van der Waals surface area contributed by atoms with Gasteiger partial charge in [0.05, 0.1) is 0 Å². The van der Waals surface area contributed by atoms with Gasteiger partial charge in [-0.1, -0.05) is 13.8 Å². The smallest absolute Gasteiger partial charge is 0.212 e. The molecule has 0 heterocycles. The molecule has 0 aliphatic heterocycles. The van der Waals surface area contributed by atoms with Crippen LogP contribution in [0.2, 0.25) is 5.54 Å². The van der Waals surface area contributed by atoms with Crippen LogP contribution in [0.15, 0.2) is 14.0 Å². The van der Waals surface area contributed by atoms with E-state index in [4.69, 9.17) is 0 Å². The summed E-state index contributed by atoms with van der Waals surface area (Å²) in [4.78, 5) is 30.1. The first kappa shape index (κ1) is 11.4. The molecule has 0 rings (SSSR count). The molecule has 0 amide bonds. The third kappa shape index (κ3) is 2.70. The molecule has 0 N–H and O–H groups in total. The van der Waals surface area contributed by atoms with E-state index in [1.807, 2.05) is 0 Å². The molecule has 0 unspecified atom stereocenters. The van der Waals surface area contributed by atoms with Crippen LogP contribution in [0.1, 0.15) is 13.8 Å². The Morgan fingerprint density at radius 3 is 1.38 bits per heavy atom. The number of hydrogen-bond donors (Lipinski definition) is 0. The molecule has 0 bridgehead atoms. The highest BCUT2D eigenvalue weighted by molar-refractivity contribution is 6.77. The molecule has 0 aromatic carbocycles. The van der Waals surface area contributed by atoms with Gasteiger partial charge < -0.3 is 0 Å². The number of hydrogen-bond acceptors (Lipinski definition) is 6. The SMILES string of the molecule is CC(C)[Si](N=C=O)(N=C=O)N=C=O. The fourth-order valence-electron chi connectivity index (χ4n) is 0.664. The van der Waals surface area contributed by atoms with Gasteiger partial charge in [0.1, 0.15) is 0 Å². The van der Waals surface area contributed by atoms with Crippen molar-refractivity contribution >= 4 is 26.8 Å². The standard InChI is InChI=1S/C6H7N3O3Si/c1-6(2)13(7-3-10,8-4-11)9-5-12/h6H,1-2H3. The molecule has 0 aliphatic rings. The van der Waals surface area contributed by atoms with Gasteiger partial charge in [-0.3, -0.25) is 0 Å². The van der Waals surface area contributed by atoms with Crippen LogP contribution in [0, 0.1) is 0 Å². The summed E-state index contributed by atoms with van der Waals surface area (Å²) in [6, 6.07) is 0. The Bertz CT molecular complexity index is 276. The summed E-state index contributed by atoms with van der Waals surface area (Å²) >= 11 is 0. The van der Waals surface area contributed by atoms with E-state index >= 15 is 0 Å². The van der Waals surface area contributed by atoms with Gasteiger partial charge in [0.2, 0.25) is 18.2 Å². The third-order valence-electron chi connectivity index (χ3n) is 1.41. The van der Waals surface area contributed by atoms with E-state index in [0.29, 0.717) is 0 Å². The van der Waals surface area contributed by atoms with Crippen LogP contribution in [0.5, 0.6) is 0 Å². The summed E-state index contributed by atoms with van der Waals surface area (Å²) in [6.07, 6.45) is 3.75. The van der Waals surface area contributed by atoms with E-state index in [1.54, 1.807) is 13.8 Å². The molecule has 0 aliphatic carbocycles. The van der Waals surface area contributed by atoms with Crippen molar-refractivity contribution in [2.75, 3.05) is 0 Å². The van der Waals surface area contributed by atoms with Crippen LogP contribution in [0.4, 0.5) is 0 Å². The van der Waals surface area contributed by atoms with Crippen molar-refractivity contribution in [3.05, 3.63) is 0 Å². The van der Waals surface area contributed by atoms with Crippen molar-refractivity contribution in [3.8, 4) is 0 Å². The minimum Gasteiger partial charge on any atom is -0.212 e. The van der Waals surface area contributed by atoms with Crippen molar-refractivity contribution in [1.82, 2.24) is 0 Å². The molecule has 68 valence electrons. The van der Waals surface area contributed by atoms with E-state index < -0.39 is 8.56 Å². The van der Waals surface area contributed by atoms with Gasteiger partial charge in [-0.05, 0) is 0 Å². The van der Waals surface area contributed by atoms with Gasteiger partial charge >= 0.3 is 8.56 Å². The van der Waals surface area contributed by atoms with Gasteiger partial charge in [0.25, 0.3) is 0 Å². The molecule has 7 heteroatoms. The lowest BCUT2D eigenvalue weighted by molar-refractivity contribution is 0.564. The molecule has 0 spiro atoms. The van der Waals surface area contributed by atoms with Crippen LogP contribution in [-0.2, 0) is 14.4 Å². The van der Waals surface area contributed by atoms with Crippen molar-refractivity contribution in [1.29, 1.82) is 0 Å². The Morgan fingerprint density at radius 2 is 1.23 bits per heavy atom. The van der Waals surface area contributed by atoms with E-state index in [-0.39, 0.29) is 5.54 Å². The van der Waals surface area contributed by atoms with Crippen molar-refractivity contribution in [3.63, 3.8) is 0 Å². The number of rotatable bonds is 4. The van der Waals surface area contributed by atoms with E-state index in [2.05, 4.69) is 14.0 Å². The highest BCUT2D eigenvalue weighted by Crippen LogP contribution is 2.23. The molecule has 0 fully saturated rings. The first-order valence-electron chi connectivity index (χ1n) is 3.40. The highest BCUT2D eigenvalue weighted by Gasteiger charge is 2.40. The summed E-state index contributed by atoms with van der Waals surface area (Å²) in [5.74, 6) is 0. The molecule has 13 heavy (non-hydrogen) atoms. The predicted octanol–water partition coefficient (Wildman–Crippen LogP) is 0.343. The van der Waals surface area contributed by atoms with Crippen LogP contribution in [-0.4, -0.2) is 26.8 Å². The molecule has 0 aromatic rings. The zero-order valence-electron chi connectivity index (χ0n) is 7.14. The number of carbonyl (C=O) groups excluding carboxylic acids is 3. The zero-order chi connectivity index (χ0) is 10.3. The topological polar surface area (TPSA) is 88.3 Å². The van der Waals surface area contributed by atoms with Gasteiger partial charge in [-0.2, -0.15) is 14.0 Å². The summed E-state index contributed by atoms with van der Waals surface area (Å²) in [7, 11) is -3.27. The Balaban J connectivity index is 5.40. The summed E-state index contributed by atoms with van der Waals surface area (Å²) in [5.41, 5.74) is -0.295. The summed E-state index contributed by atoms with van der Waals surface area (Å²) in [5, 5.41) is 0. The lowest BCUT2D eigenvalue weighted by Crippen LogP contribution is -2.31. The second kappa shape index (κ2) is 5.08. The summed E-state index contributed by atoms with van der Waals surface area (Å²) < 4.78 is 9.93. The fourth-order valence-corrected chi connectivity index (χ4v) is 1.99. The Hall–Kier alpha value is -1.64. The lowest BCUT2D eigenvalue weighted by atomic mass is 10.6. The van der Waals surface area contributed by atoms with Crippen LogP contribution < -0.4 is 0 Å². The molecule has 6 nitrogen and oxygen atoms in total. The van der Waals surface area contributed by atoms with Crippen molar-refractivity contribution in [2.45, 2.75) is 19.4 Å². The Kier molecular flexibility index (Phi) is 4.44. The average molecular weight is 197 g/mol. The van der Waals surface area contributed by atoms with Crippen LogP contribution >= 0.6 is 0 Å². The van der Waals surface area contributed by atoms with Crippen molar-refractivity contribution < 1.29 is 14.4 Å². The zero-order valence-corrected chi connectivity index (χ0v) is 8.14. The van der Waals surface area contributed by atoms with E-state index in [0.717, 1.165) is 0 Å². The second-order valence-corrected chi connectivity index (χ2v) is 5.65. The van der Waals surface area contributed by atoms with Crippen LogP contribution in [0.25, 0.3) is 0 Å². The van der Waals surface area contributed by atoms with Gasteiger partial charge in [-0.25, -0.2) is 14.4 Å². The molecular formula is C6H7N3O3Si. The quantitative estimate of drug-likeness (QED) is 0.370. The third-order valence-corrected chi connectivity index (χ3v) is 4.22. The maximum atomic E-state index is 10.0. The maximum absolute atomic E-state index is 10.0. The average Bonchev–Trinajstić information content (AvgIpc) is 2.05. The number of isocyanates is 3. The minimum atomic E-state index is -3.27. The normalized spacial score (nSPS) is 13.2. The highest BCUT2D eigenvalue weighted by atomic mass is 28.4. The van der Waals surface area contributed by atoms with Gasteiger partial charge in [-0.15, -0.1) is 0 Å². The minimum absolute atomic E-state index is 0.295. The molecule has 0 radical (unpaired) electrons. The summed E-state index contributed by atoms with van der Waals surface area (Å²) in [6.45, 7) is 3.30. The van der Waals surface area contributed by atoms with Gasteiger partial charge in [0.15, 0.2) is 0 Å².